The molecule has 1 aromatic heterocycles. The van der Waals surface area contributed by atoms with Gasteiger partial charge in [0.25, 0.3) is 0 Å². The molecule has 76 valence electrons. The average Bonchev–Trinajstić information content (AvgIpc) is 2.96. The van der Waals surface area contributed by atoms with Crippen LogP contribution in [-0.2, 0) is 11.3 Å². The van der Waals surface area contributed by atoms with Crippen LogP contribution in [0.15, 0.2) is 18.3 Å². The summed E-state index contributed by atoms with van der Waals surface area (Å²) in [6, 6.07) is 3.62. The van der Waals surface area contributed by atoms with Gasteiger partial charge in [-0.15, -0.1) is 0 Å². The molecule has 0 aromatic carbocycles. The Bertz CT molecular complexity index is 299. The summed E-state index contributed by atoms with van der Waals surface area (Å²) in [5.41, 5.74) is 0.910. The molecule has 0 radical (unpaired) electrons. The number of pyridine rings is 1. The molecular formula is C11H14ClNO. The quantitative estimate of drug-likeness (QED) is 0.699. The second-order valence-corrected chi connectivity index (χ2v) is 4.19. The van der Waals surface area contributed by atoms with E-state index in [0.717, 1.165) is 23.2 Å². The van der Waals surface area contributed by atoms with Crippen molar-refractivity contribution >= 4 is 11.6 Å². The highest BCUT2D eigenvalue weighted by atomic mass is 35.5. The van der Waals surface area contributed by atoms with Crippen LogP contribution in [0, 0.1) is 5.92 Å². The predicted molar refractivity (Wildman–Crippen MR) is 56.2 cm³/mol. The summed E-state index contributed by atoms with van der Waals surface area (Å²) in [6.07, 6.45) is 5.68. The Labute approximate surface area is 89.3 Å². The van der Waals surface area contributed by atoms with Gasteiger partial charge in [-0.2, -0.15) is 0 Å². The maximum absolute atomic E-state index is 5.82. The summed E-state index contributed by atoms with van der Waals surface area (Å²) in [4.78, 5) is 4.16. The number of rotatable bonds is 5. The summed E-state index contributed by atoms with van der Waals surface area (Å²) in [7, 11) is 0. The molecule has 0 spiro atoms. The number of nitrogens with zero attached hydrogens (tertiary/aromatic N) is 1. The Morgan fingerprint density at radius 3 is 3.07 bits per heavy atom. The van der Waals surface area contributed by atoms with E-state index in [9.17, 15) is 0 Å². The van der Waals surface area contributed by atoms with E-state index in [1.54, 1.807) is 12.3 Å². The summed E-state index contributed by atoms with van der Waals surface area (Å²) in [6.45, 7) is 1.42. The first-order valence-electron chi connectivity index (χ1n) is 5.03. The maximum Gasteiger partial charge on any atom is 0.0888 e. The summed E-state index contributed by atoms with van der Waals surface area (Å²) < 4.78 is 5.50. The molecule has 0 atom stereocenters. The van der Waals surface area contributed by atoms with Gasteiger partial charge >= 0.3 is 0 Å². The van der Waals surface area contributed by atoms with Crippen LogP contribution in [-0.4, -0.2) is 11.6 Å². The van der Waals surface area contributed by atoms with E-state index in [1.165, 1.54) is 19.3 Å². The third kappa shape index (κ3) is 3.28. The molecule has 1 fully saturated rings. The number of halogens is 1. The minimum Gasteiger partial charge on any atom is -0.375 e. The molecule has 0 bridgehead atoms. The van der Waals surface area contributed by atoms with Gasteiger partial charge in [0.15, 0.2) is 0 Å². The Morgan fingerprint density at radius 1 is 1.50 bits per heavy atom. The zero-order valence-electron chi connectivity index (χ0n) is 8.08. The number of hydrogen-bond donors (Lipinski definition) is 0. The minimum atomic E-state index is 0.577. The smallest absolute Gasteiger partial charge is 0.0888 e. The first-order valence-corrected chi connectivity index (χ1v) is 5.40. The van der Waals surface area contributed by atoms with E-state index in [4.69, 9.17) is 16.3 Å². The first kappa shape index (κ1) is 9.94. The molecule has 1 heterocycles. The average molecular weight is 212 g/mol. The van der Waals surface area contributed by atoms with Gasteiger partial charge in [0.2, 0.25) is 0 Å². The normalized spacial score (nSPS) is 15.8. The molecule has 0 unspecified atom stereocenters. The van der Waals surface area contributed by atoms with Gasteiger partial charge in [-0.05, 0) is 24.5 Å². The molecule has 1 aliphatic rings. The van der Waals surface area contributed by atoms with Crippen molar-refractivity contribution in [2.24, 2.45) is 5.92 Å². The van der Waals surface area contributed by atoms with Crippen molar-refractivity contribution in [2.75, 3.05) is 6.61 Å². The Kier molecular flexibility index (Phi) is 3.38. The van der Waals surface area contributed by atoms with Crippen LogP contribution in [0.5, 0.6) is 0 Å². The molecule has 14 heavy (non-hydrogen) atoms. The van der Waals surface area contributed by atoms with Crippen molar-refractivity contribution in [3.8, 4) is 0 Å². The summed E-state index contributed by atoms with van der Waals surface area (Å²) in [5.74, 6) is 0.933. The van der Waals surface area contributed by atoms with Crippen molar-refractivity contribution in [3.63, 3.8) is 0 Å². The zero-order valence-corrected chi connectivity index (χ0v) is 8.83. The minimum absolute atomic E-state index is 0.577. The van der Waals surface area contributed by atoms with Gasteiger partial charge < -0.3 is 4.74 Å². The number of aromatic nitrogens is 1. The van der Waals surface area contributed by atoms with Crippen LogP contribution in [0.25, 0.3) is 0 Å². The zero-order chi connectivity index (χ0) is 9.80. The maximum atomic E-state index is 5.82. The van der Waals surface area contributed by atoms with Crippen LogP contribution >= 0.6 is 11.6 Å². The highest BCUT2D eigenvalue weighted by Gasteiger charge is 2.20. The summed E-state index contributed by atoms with van der Waals surface area (Å²) >= 11 is 5.82. The highest BCUT2D eigenvalue weighted by molar-refractivity contribution is 6.30. The van der Waals surface area contributed by atoms with Crippen molar-refractivity contribution in [2.45, 2.75) is 25.9 Å². The Morgan fingerprint density at radius 2 is 2.36 bits per heavy atom. The lowest BCUT2D eigenvalue weighted by Gasteiger charge is -2.02. The van der Waals surface area contributed by atoms with Crippen LogP contribution in [0.4, 0.5) is 0 Å². The van der Waals surface area contributed by atoms with E-state index in [-0.39, 0.29) is 0 Å². The van der Waals surface area contributed by atoms with Crippen molar-refractivity contribution in [3.05, 3.63) is 29.0 Å². The Hall–Kier alpha value is -0.600. The third-order valence-corrected chi connectivity index (χ3v) is 2.63. The Balaban J connectivity index is 1.68. The predicted octanol–water partition coefficient (Wildman–Crippen LogP) is 3.05. The SMILES string of the molecule is Clc1ccnc(COCCC2CC2)c1. The summed E-state index contributed by atoms with van der Waals surface area (Å²) in [5, 5.41) is 0.723. The molecule has 0 saturated heterocycles. The standard InChI is InChI=1S/C11H14ClNO/c12-10-3-5-13-11(7-10)8-14-6-4-9-1-2-9/h3,5,7,9H,1-2,4,6,8H2. The highest BCUT2D eigenvalue weighted by Crippen LogP contribution is 2.32. The molecule has 1 aliphatic carbocycles. The molecule has 3 heteroatoms. The van der Waals surface area contributed by atoms with Gasteiger partial charge in [0.1, 0.15) is 0 Å². The van der Waals surface area contributed by atoms with Crippen molar-refractivity contribution in [1.82, 2.24) is 4.98 Å². The number of hydrogen-bond acceptors (Lipinski definition) is 2. The molecule has 1 aromatic rings. The lowest BCUT2D eigenvalue weighted by Crippen LogP contribution is -1.98. The topological polar surface area (TPSA) is 22.1 Å². The van der Waals surface area contributed by atoms with E-state index in [2.05, 4.69) is 4.98 Å². The second-order valence-electron chi connectivity index (χ2n) is 3.75. The lowest BCUT2D eigenvalue weighted by molar-refractivity contribution is 0.112. The fourth-order valence-corrected chi connectivity index (χ4v) is 1.54. The lowest BCUT2D eigenvalue weighted by atomic mass is 10.3. The monoisotopic (exact) mass is 211 g/mol. The fraction of sp³-hybridized carbons (Fsp3) is 0.545. The van der Waals surface area contributed by atoms with E-state index in [0.29, 0.717) is 6.61 Å². The molecule has 0 aliphatic heterocycles. The molecular weight excluding hydrogens is 198 g/mol. The molecule has 0 N–H and O–H groups in total. The molecule has 1 saturated carbocycles. The largest absolute Gasteiger partial charge is 0.375 e. The first-order chi connectivity index (χ1) is 6.84. The van der Waals surface area contributed by atoms with Crippen LogP contribution in [0.2, 0.25) is 5.02 Å². The van der Waals surface area contributed by atoms with Gasteiger partial charge in [-0.25, -0.2) is 0 Å². The van der Waals surface area contributed by atoms with Gasteiger partial charge in [-0.3, -0.25) is 4.98 Å². The van der Waals surface area contributed by atoms with Gasteiger partial charge in [-0.1, -0.05) is 24.4 Å². The van der Waals surface area contributed by atoms with Gasteiger partial charge in [0, 0.05) is 17.8 Å². The van der Waals surface area contributed by atoms with Crippen LogP contribution in [0.3, 0.4) is 0 Å². The van der Waals surface area contributed by atoms with Crippen LogP contribution < -0.4 is 0 Å². The van der Waals surface area contributed by atoms with E-state index < -0.39 is 0 Å². The number of ether oxygens (including phenoxy) is 1. The third-order valence-electron chi connectivity index (χ3n) is 2.40. The van der Waals surface area contributed by atoms with Gasteiger partial charge in [0.05, 0.1) is 12.3 Å². The van der Waals surface area contributed by atoms with Crippen molar-refractivity contribution < 1.29 is 4.74 Å². The van der Waals surface area contributed by atoms with E-state index in [1.807, 2.05) is 6.07 Å². The second kappa shape index (κ2) is 4.76. The molecule has 0 amide bonds. The van der Waals surface area contributed by atoms with Crippen molar-refractivity contribution in [1.29, 1.82) is 0 Å². The van der Waals surface area contributed by atoms with E-state index >= 15 is 0 Å². The fourth-order valence-electron chi connectivity index (χ4n) is 1.36. The molecule has 2 nitrogen and oxygen atoms in total. The van der Waals surface area contributed by atoms with Crippen LogP contribution in [0.1, 0.15) is 25.0 Å². The molecule has 2 rings (SSSR count).